The molecule has 0 saturated carbocycles. The van der Waals surface area contributed by atoms with E-state index in [4.69, 9.17) is 16.3 Å². The van der Waals surface area contributed by atoms with Crippen LogP contribution in [0.25, 0.3) is 0 Å². The molecular formula is C20H27ClIN5O. The molecule has 0 amide bonds. The Labute approximate surface area is 188 Å². The molecule has 2 aromatic rings. The number of rotatable bonds is 5. The Bertz CT molecular complexity index is 771. The number of hydrogen-bond donors (Lipinski definition) is 2. The van der Waals surface area contributed by atoms with Gasteiger partial charge in [-0.05, 0) is 36.2 Å². The summed E-state index contributed by atoms with van der Waals surface area (Å²) < 4.78 is 5.59. The van der Waals surface area contributed by atoms with E-state index in [9.17, 15) is 0 Å². The van der Waals surface area contributed by atoms with Gasteiger partial charge in [0.2, 0.25) is 0 Å². The second kappa shape index (κ2) is 11.4. The van der Waals surface area contributed by atoms with E-state index >= 15 is 0 Å². The van der Waals surface area contributed by atoms with Crippen LogP contribution in [0.1, 0.15) is 18.1 Å². The van der Waals surface area contributed by atoms with Crippen LogP contribution in [-0.2, 0) is 17.8 Å². The highest BCUT2D eigenvalue weighted by molar-refractivity contribution is 14.0. The number of guanidine groups is 1. The number of hydrogen-bond acceptors (Lipinski definition) is 4. The van der Waals surface area contributed by atoms with E-state index in [-0.39, 0.29) is 30.1 Å². The van der Waals surface area contributed by atoms with Gasteiger partial charge in [0.15, 0.2) is 5.96 Å². The second-order valence-electron chi connectivity index (χ2n) is 6.56. The number of halogens is 2. The third-order valence-electron chi connectivity index (χ3n) is 4.41. The van der Waals surface area contributed by atoms with Crippen LogP contribution in [0.3, 0.4) is 0 Å². The monoisotopic (exact) mass is 515 g/mol. The number of nitrogens with one attached hydrogen (secondary N) is 2. The molecule has 0 bridgehead atoms. The van der Waals surface area contributed by atoms with E-state index in [0.29, 0.717) is 13.1 Å². The van der Waals surface area contributed by atoms with Crippen LogP contribution in [0.4, 0.5) is 5.82 Å². The first-order valence-electron chi connectivity index (χ1n) is 9.14. The molecule has 0 aliphatic carbocycles. The summed E-state index contributed by atoms with van der Waals surface area (Å²) in [6, 6.07) is 11.9. The van der Waals surface area contributed by atoms with E-state index in [1.165, 1.54) is 0 Å². The number of ether oxygens (including phenoxy) is 1. The van der Waals surface area contributed by atoms with Crippen molar-refractivity contribution >= 4 is 47.4 Å². The van der Waals surface area contributed by atoms with Crippen LogP contribution in [0.5, 0.6) is 0 Å². The summed E-state index contributed by atoms with van der Waals surface area (Å²) in [5.74, 6) is 1.73. The maximum absolute atomic E-state index is 6.02. The Morgan fingerprint density at radius 1 is 1.25 bits per heavy atom. The molecule has 2 heterocycles. The first-order chi connectivity index (χ1) is 13.1. The van der Waals surface area contributed by atoms with Crippen molar-refractivity contribution in [3.63, 3.8) is 0 Å². The SMILES string of the molecule is CN=C(NCc1ccc(N2CCOC(C)C2)nc1)NCc1cccc(Cl)c1.I. The summed E-state index contributed by atoms with van der Waals surface area (Å²) in [7, 11) is 1.76. The molecule has 1 aliphatic rings. The van der Waals surface area contributed by atoms with E-state index in [0.717, 1.165) is 47.6 Å². The molecule has 1 aromatic heterocycles. The molecular weight excluding hydrogens is 489 g/mol. The van der Waals surface area contributed by atoms with E-state index < -0.39 is 0 Å². The lowest BCUT2D eigenvalue weighted by Gasteiger charge is -2.32. The molecule has 1 aliphatic heterocycles. The Morgan fingerprint density at radius 2 is 2.04 bits per heavy atom. The van der Waals surface area contributed by atoms with Gasteiger partial charge < -0.3 is 20.3 Å². The Hall–Kier alpha value is -1.58. The van der Waals surface area contributed by atoms with E-state index in [2.05, 4.69) is 44.6 Å². The van der Waals surface area contributed by atoms with Gasteiger partial charge in [0.25, 0.3) is 0 Å². The number of pyridine rings is 1. The fraction of sp³-hybridized carbons (Fsp3) is 0.400. The molecule has 1 saturated heterocycles. The first kappa shape index (κ1) is 22.7. The minimum absolute atomic E-state index is 0. The van der Waals surface area contributed by atoms with Crippen molar-refractivity contribution in [2.45, 2.75) is 26.1 Å². The number of nitrogens with zero attached hydrogens (tertiary/aromatic N) is 3. The summed E-state index contributed by atoms with van der Waals surface area (Å²) >= 11 is 6.02. The molecule has 1 aromatic carbocycles. The number of aliphatic imine (C=N–C) groups is 1. The number of benzene rings is 1. The van der Waals surface area contributed by atoms with Gasteiger partial charge in [-0.1, -0.05) is 29.8 Å². The predicted octanol–water partition coefficient (Wildman–Crippen LogP) is 3.44. The molecule has 3 rings (SSSR count). The zero-order valence-electron chi connectivity index (χ0n) is 16.2. The van der Waals surface area contributed by atoms with Crippen LogP contribution >= 0.6 is 35.6 Å². The predicted molar refractivity (Wildman–Crippen MR) is 126 cm³/mol. The highest BCUT2D eigenvalue weighted by Crippen LogP contribution is 2.15. The maximum Gasteiger partial charge on any atom is 0.191 e. The quantitative estimate of drug-likeness (QED) is 0.363. The van der Waals surface area contributed by atoms with Gasteiger partial charge in [0, 0.05) is 44.4 Å². The second-order valence-corrected chi connectivity index (χ2v) is 7.00. The maximum atomic E-state index is 6.02. The van der Waals surface area contributed by atoms with Gasteiger partial charge in [0.05, 0.1) is 12.7 Å². The average molecular weight is 516 g/mol. The molecule has 1 unspecified atom stereocenters. The highest BCUT2D eigenvalue weighted by Gasteiger charge is 2.17. The van der Waals surface area contributed by atoms with Crippen LogP contribution in [-0.4, -0.2) is 43.8 Å². The zero-order valence-corrected chi connectivity index (χ0v) is 19.3. The van der Waals surface area contributed by atoms with E-state index in [1.807, 2.05) is 30.5 Å². The molecule has 1 fully saturated rings. The minimum Gasteiger partial charge on any atom is -0.375 e. The van der Waals surface area contributed by atoms with Gasteiger partial charge >= 0.3 is 0 Å². The Morgan fingerprint density at radius 3 is 2.68 bits per heavy atom. The Kier molecular flexibility index (Phi) is 9.27. The summed E-state index contributed by atoms with van der Waals surface area (Å²) in [6.45, 7) is 5.92. The van der Waals surface area contributed by atoms with Crippen molar-refractivity contribution in [2.24, 2.45) is 4.99 Å². The molecule has 152 valence electrons. The third kappa shape index (κ3) is 6.79. The molecule has 0 spiro atoms. The van der Waals surface area contributed by atoms with Gasteiger partial charge in [-0.15, -0.1) is 24.0 Å². The normalized spacial score (nSPS) is 17.0. The molecule has 6 nitrogen and oxygen atoms in total. The lowest BCUT2D eigenvalue weighted by atomic mass is 10.2. The van der Waals surface area contributed by atoms with Gasteiger partial charge in [-0.3, -0.25) is 4.99 Å². The number of aromatic nitrogens is 1. The van der Waals surface area contributed by atoms with E-state index in [1.54, 1.807) is 7.05 Å². The fourth-order valence-electron chi connectivity index (χ4n) is 2.97. The molecule has 8 heteroatoms. The van der Waals surface area contributed by atoms with Crippen molar-refractivity contribution in [3.05, 3.63) is 58.7 Å². The fourth-order valence-corrected chi connectivity index (χ4v) is 3.19. The van der Waals surface area contributed by atoms with Crippen molar-refractivity contribution in [1.29, 1.82) is 0 Å². The van der Waals surface area contributed by atoms with Crippen molar-refractivity contribution in [2.75, 3.05) is 31.6 Å². The van der Waals surface area contributed by atoms with Gasteiger partial charge in [0.1, 0.15) is 5.82 Å². The summed E-state index contributed by atoms with van der Waals surface area (Å²) in [6.07, 6.45) is 2.16. The summed E-state index contributed by atoms with van der Waals surface area (Å²) in [5, 5.41) is 7.33. The van der Waals surface area contributed by atoms with Crippen molar-refractivity contribution in [3.8, 4) is 0 Å². The van der Waals surface area contributed by atoms with Crippen molar-refractivity contribution in [1.82, 2.24) is 15.6 Å². The minimum atomic E-state index is 0. The summed E-state index contributed by atoms with van der Waals surface area (Å²) in [4.78, 5) is 11.1. The zero-order chi connectivity index (χ0) is 19.1. The lowest BCUT2D eigenvalue weighted by Crippen LogP contribution is -2.41. The topological polar surface area (TPSA) is 61.8 Å². The molecule has 0 radical (unpaired) electrons. The molecule has 2 N–H and O–H groups in total. The third-order valence-corrected chi connectivity index (χ3v) is 4.64. The number of morpholine rings is 1. The smallest absolute Gasteiger partial charge is 0.191 e. The lowest BCUT2D eigenvalue weighted by molar-refractivity contribution is 0.0529. The molecule has 1 atom stereocenters. The van der Waals surface area contributed by atoms with Crippen LogP contribution in [0.2, 0.25) is 5.02 Å². The van der Waals surface area contributed by atoms with Gasteiger partial charge in [-0.25, -0.2) is 4.98 Å². The van der Waals surface area contributed by atoms with Crippen molar-refractivity contribution < 1.29 is 4.74 Å². The molecule has 28 heavy (non-hydrogen) atoms. The average Bonchev–Trinajstić information content (AvgIpc) is 2.69. The largest absolute Gasteiger partial charge is 0.375 e. The Balaban J connectivity index is 0.00000280. The number of anilines is 1. The highest BCUT2D eigenvalue weighted by atomic mass is 127. The summed E-state index contributed by atoms with van der Waals surface area (Å²) in [5.41, 5.74) is 2.21. The van der Waals surface area contributed by atoms with Crippen LogP contribution in [0.15, 0.2) is 47.6 Å². The van der Waals surface area contributed by atoms with Gasteiger partial charge in [-0.2, -0.15) is 0 Å². The van der Waals surface area contributed by atoms with Crippen LogP contribution < -0.4 is 15.5 Å². The standard InChI is InChI=1S/C20H26ClN5O.HI/c1-15-14-26(8-9-27-15)19-7-6-17(12-23-19)13-25-20(22-2)24-11-16-4-3-5-18(21)10-16;/h3-7,10,12,15H,8-9,11,13-14H2,1-2H3,(H2,22,24,25);1H. The first-order valence-corrected chi connectivity index (χ1v) is 9.52. The van der Waals surface area contributed by atoms with Crippen LogP contribution in [0, 0.1) is 0 Å².